The Labute approximate surface area is 507 Å². The van der Waals surface area contributed by atoms with E-state index in [4.69, 9.17) is 4.74 Å². The smallest absolute Gasteiger partial charge is 0.355 e. The van der Waals surface area contributed by atoms with Crippen LogP contribution in [0.15, 0.2) is 96.5 Å². The number of carbonyl (C=O) groups is 5. The monoisotopic (exact) mass is 1200 g/mol. The molecule has 7 aromatic rings. The van der Waals surface area contributed by atoms with Gasteiger partial charge in [0.2, 0.25) is 17.7 Å². The summed E-state index contributed by atoms with van der Waals surface area (Å²) in [5.74, 6) is 4.98. The minimum absolute atomic E-state index is 0.0166. The van der Waals surface area contributed by atoms with Crippen molar-refractivity contribution in [2.75, 3.05) is 49.5 Å². The number of anilines is 2. The molecule has 442 valence electrons. The molecule has 20 heteroatoms. The predicted molar refractivity (Wildman–Crippen MR) is 332 cm³/mol. The van der Waals surface area contributed by atoms with Gasteiger partial charge in [-0.25, -0.2) is 19.7 Å². The Balaban J connectivity index is 0.606. The highest BCUT2D eigenvalue weighted by atomic mass is 32.1. The van der Waals surface area contributed by atoms with Crippen molar-refractivity contribution < 1.29 is 38.9 Å². The van der Waals surface area contributed by atoms with Crippen LogP contribution >= 0.6 is 34.0 Å². The Morgan fingerprint density at radius 1 is 0.894 bits per heavy atom. The molecule has 17 nitrogen and oxygen atoms in total. The Bertz CT molecular complexity index is 3640. The lowest BCUT2D eigenvalue weighted by Crippen LogP contribution is -2.60. The molecule has 4 amide bonds. The fourth-order valence-electron chi connectivity index (χ4n) is 12.2. The largest absolute Gasteiger partial charge is 0.494 e. The number of nitrogens with zero attached hydrogens (tertiary/aromatic N) is 6. The third-order valence-corrected chi connectivity index (χ3v) is 20.2. The van der Waals surface area contributed by atoms with E-state index >= 15 is 0 Å². The highest BCUT2D eigenvalue weighted by molar-refractivity contribution is 7.22. The molecule has 0 unspecified atom stereocenters. The second kappa shape index (κ2) is 25.2. The molecule has 6 heterocycles. The number of likely N-dealkylation sites (tertiary alicyclic amines) is 2. The number of aliphatic hydroxyl groups excluding tert-OH is 1. The quantitative estimate of drug-likeness (QED) is 0.0424. The maximum atomic E-state index is 14.4. The molecule has 3 fully saturated rings. The molecule has 3 aliphatic heterocycles. The maximum Gasteiger partial charge on any atom is 0.355 e. The molecule has 0 bridgehead atoms. The number of carbonyl (C=O) groups excluding carboxylic acids is 4. The van der Waals surface area contributed by atoms with E-state index in [2.05, 4.69) is 52.5 Å². The van der Waals surface area contributed by atoms with Crippen molar-refractivity contribution >= 4 is 84.1 Å². The third kappa shape index (κ3) is 13.5. The number of para-hydroxylation sites is 1. The van der Waals surface area contributed by atoms with Gasteiger partial charge in [0.1, 0.15) is 17.8 Å². The van der Waals surface area contributed by atoms with Crippen molar-refractivity contribution in [2.45, 2.75) is 117 Å². The number of hydrogen-bond donors (Lipinski definition) is 5. The lowest BCUT2D eigenvalue weighted by Gasteiger charge is -2.51. The molecule has 1 saturated carbocycles. The van der Waals surface area contributed by atoms with E-state index in [1.807, 2.05) is 131 Å². The molecule has 3 aromatic heterocycles. The minimum Gasteiger partial charge on any atom is -0.494 e. The number of fused-ring (bicyclic) bond motifs is 2. The first-order valence-corrected chi connectivity index (χ1v) is 31.7. The molecule has 11 rings (SSSR count). The number of hydrogen-bond acceptors (Lipinski definition) is 15. The van der Waals surface area contributed by atoms with Gasteiger partial charge in [-0.15, -0.1) is 22.7 Å². The number of ether oxygens (including phenoxy) is 1. The standard InChI is InChI=1S/C65H71N9O8S3/c1-39(42-19-21-44(22-20-42)55-40(2)66-38-83-55)67-59(78)51-33-46(75)36-74(51)60(79)56(64(3,4)5)70-57(76)45-34-65(35-45)26-30-72(31-27-65)28-9-11-41-17-23-47(24-18-41)82-32-10-16-53-54(61(80)81)69-63(85-53)73-29-25-43-12-8-13-48(49(43)37-73)58(77)71-62-68-50-14-6-7-15-52(50)84-62/h6-8,12-15,17-24,38-39,45-46,51,56,75H,10,16,25-37H2,1-5H3,(H,67,78)(H,70,76)(H,80,81)(H,68,71,77)/t39-,46+,51-,56+/m0/s1. The van der Waals surface area contributed by atoms with Gasteiger partial charge in [0.15, 0.2) is 16.0 Å². The van der Waals surface area contributed by atoms with E-state index in [-0.39, 0.29) is 59.7 Å². The van der Waals surface area contributed by atoms with Gasteiger partial charge in [-0.3, -0.25) is 29.4 Å². The van der Waals surface area contributed by atoms with Crippen molar-refractivity contribution in [3.05, 3.63) is 141 Å². The van der Waals surface area contributed by atoms with Gasteiger partial charge < -0.3 is 35.4 Å². The molecule has 0 radical (unpaired) electrons. The third-order valence-electron chi connectivity index (χ3n) is 17.1. The molecule has 85 heavy (non-hydrogen) atoms. The topological polar surface area (TPSA) is 220 Å². The average molecular weight is 1200 g/mol. The summed E-state index contributed by atoms with van der Waals surface area (Å²) in [6.45, 7) is 13.5. The van der Waals surface area contributed by atoms with Gasteiger partial charge in [0.25, 0.3) is 5.91 Å². The number of β-amino-alcohol motifs (C(OH)–C–C–N with tert-alkyl or cyclic N) is 1. The number of carboxylic acid groups (broad SMARTS) is 1. The second-order valence-electron chi connectivity index (χ2n) is 24.1. The van der Waals surface area contributed by atoms with E-state index in [9.17, 15) is 34.2 Å². The fourth-order valence-corrected chi connectivity index (χ4v) is 15.0. The number of rotatable bonds is 17. The van der Waals surface area contributed by atoms with Crippen molar-refractivity contribution in [3.63, 3.8) is 0 Å². The maximum absolute atomic E-state index is 14.4. The molecular weight excluding hydrogens is 1130 g/mol. The first kappa shape index (κ1) is 59.2. The molecule has 2 saturated heterocycles. The zero-order valence-electron chi connectivity index (χ0n) is 48.5. The number of benzene rings is 4. The van der Waals surface area contributed by atoms with Crippen molar-refractivity contribution in [1.82, 2.24) is 35.4 Å². The average Bonchev–Trinajstić information content (AvgIpc) is 3.10. The van der Waals surface area contributed by atoms with Crippen LogP contribution < -0.4 is 25.6 Å². The van der Waals surface area contributed by atoms with E-state index < -0.39 is 29.6 Å². The van der Waals surface area contributed by atoms with Gasteiger partial charge in [-0.1, -0.05) is 92.5 Å². The molecule has 4 aromatic carbocycles. The number of aliphatic hydroxyl groups is 1. The van der Waals surface area contributed by atoms with Gasteiger partial charge in [0, 0.05) is 48.0 Å². The highest BCUT2D eigenvalue weighted by Gasteiger charge is 2.50. The van der Waals surface area contributed by atoms with Crippen LogP contribution in [0.25, 0.3) is 20.7 Å². The minimum atomic E-state index is -1.07. The first-order valence-electron chi connectivity index (χ1n) is 29.2. The number of carboxylic acids is 1. The highest BCUT2D eigenvalue weighted by Crippen LogP contribution is 2.53. The molecular formula is C65H71N9O8S3. The van der Waals surface area contributed by atoms with Gasteiger partial charge >= 0.3 is 5.97 Å². The molecule has 5 N–H and O–H groups in total. The van der Waals surface area contributed by atoms with Crippen LogP contribution in [0.2, 0.25) is 0 Å². The predicted octanol–water partition coefficient (Wildman–Crippen LogP) is 9.92. The lowest BCUT2D eigenvalue weighted by molar-refractivity contribution is -0.147. The fraction of sp³-hybridized carbons (Fsp3) is 0.415. The summed E-state index contributed by atoms with van der Waals surface area (Å²) >= 11 is 4.39. The first-order chi connectivity index (χ1) is 40.9. The van der Waals surface area contributed by atoms with Crippen LogP contribution in [-0.2, 0) is 33.8 Å². The number of nitrogens with one attached hydrogen (secondary N) is 3. The number of aryl methyl sites for hydroxylation is 2. The summed E-state index contributed by atoms with van der Waals surface area (Å²) < 4.78 is 7.07. The summed E-state index contributed by atoms with van der Waals surface area (Å²) in [6, 6.07) is 27.1. The van der Waals surface area contributed by atoms with Gasteiger partial charge in [0.05, 0.1) is 51.6 Å². The zero-order chi connectivity index (χ0) is 59.6. The number of thiazole rings is 3. The number of aromatic carboxylic acids is 1. The van der Waals surface area contributed by atoms with Crippen LogP contribution in [0, 0.1) is 35.5 Å². The van der Waals surface area contributed by atoms with E-state index in [1.165, 1.54) is 27.6 Å². The summed E-state index contributed by atoms with van der Waals surface area (Å²) in [5.41, 5.74) is 8.49. The summed E-state index contributed by atoms with van der Waals surface area (Å²) in [6.07, 6.45) is 4.48. The summed E-state index contributed by atoms with van der Waals surface area (Å²) in [7, 11) is 0. The Hall–Kier alpha value is -7.54. The van der Waals surface area contributed by atoms with E-state index in [1.54, 1.807) is 11.3 Å². The van der Waals surface area contributed by atoms with Gasteiger partial charge in [-0.2, -0.15) is 0 Å². The number of amides is 4. The van der Waals surface area contributed by atoms with Crippen LogP contribution in [-0.4, -0.2) is 122 Å². The molecule has 1 aliphatic carbocycles. The van der Waals surface area contributed by atoms with Crippen LogP contribution in [0.1, 0.15) is 126 Å². The van der Waals surface area contributed by atoms with Gasteiger partial charge in [-0.05, 0) is 147 Å². The van der Waals surface area contributed by atoms with Crippen molar-refractivity contribution in [3.8, 4) is 28.0 Å². The van der Waals surface area contributed by atoms with Crippen molar-refractivity contribution in [1.29, 1.82) is 0 Å². The summed E-state index contributed by atoms with van der Waals surface area (Å²) in [4.78, 5) is 89.3. The Morgan fingerprint density at radius 2 is 1.66 bits per heavy atom. The number of aromatic nitrogens is 3. The van der Waals surface area contributed by atoms with Crippen molar-refractivity contribution in [2.24, 2.45) is 16.7 Å². The van der Waals surface area contributed by atoms with Crippen LogP contribution in [0.5, 0.6) is 5.75 Å². The molecule has 4 atom stereocenters. The lowest BCUT2D eigenvalue weighted by atomic mass is 9.57. The zero-order valence-corrected chi connectivity index (χ0v) is 50.9. The van der Waals surface area contributed by atoms with Crippen LogP contribution in [0.4, 0.5) is 10.3 Å². The summed E-state index contributed by atoms with van der Waals surface area (Å²) in [5, 5.41) is 31.2. The van der Waals surface area contributed by atoms with Crippen LogP contribution in [0.3, 0.4) is 0 Å². The molecule has 1 spiro atoms. The normalized spacial score (nSPS) is 18.4. The van der Waals surface area contributed by atoms with E-state index in [0.717, 1.165) is 87.4 Å². The number of piperidine rings is 1. The Kier molecular flexibility index (Phi) is 17.5. The Morgan fingerprint density at radius 3 is 2.38 bits per heavy atom. The molecule has 4 aliphatic rings. The SMILES string of the molecule is Cc1ncsc1-c1ccc([C@H](C)NC(=O)[C@@H]2C[C@@H](O)CN2C(=O)[C@@H](NC(=O)C2CC3(CCN(CC#Cc4ccc(OCCCc5sc(N6CCc7cccc(C(=O)Nc8nc9ccccc9s8)c7C6)nc5C(=O)O)cc4)CC3)C2)C(C)(C)C)cc1. The second-order valence-corrected chi connectivity index (χ2v) is 27.1. The van der Waals surface area contributed by atoms with E-state index in [0.29, 0.717) is 72.0 Å².